The van der Waals surface area contributed by atoms with Crippen LogP contribution in [0.15, 0.2) is 24.3 Å². The van der Waals surface area contributed by atoms with Crippen molar-refractivity contribution in [2.75, 3.05) is 5.01 Å². The third kappa shape index (κ3) is 2.74. The van der Waals surface area contributed by atoms with Crippen molar-refractivity contribution >= 4 is 50.9 Å². The van der Waals surface area contributed by atoms with Gasteiger partial charge in [0.15, 0.2) is 0 Å². The molecule has 0 radical (unpaired) electrons. The largest absolute Gasteiger partial charge is 0.288 e. The van der Waals surface area contributed by atoms with Crippen molar-refractivity contribution < 1.29 is 0 Å². The molecule has 1 aromatic rings. The number of hydrogen-bond donors (Lipinski definition) is 1. The number of alkyl halides is 2. The quantitative estimate of drug-likeness (QED) is 0.278. The van der Waals surface area contributed by atoms with E-state index in [1.807, 2.05) is 12.1 Å². The van der Waals surface area contributed by atoms with Gasteiger partial charge in [0.2, 0.25) is 0 Å². The minimum absolute atomic E-state index is 0.280. The molecule has 2 nitrogen and oxygen atoms in total. The average Bonchev–Trinajstić information content (AvgIpc) is 2.04. The minimum atomic E-state index is 0.280. The summed E-state index contributed by atoms with van der Waals surface area (Å²) in [6.45, 7) is 2.07. The molecule has 66 valence electrons. The maximum atomic E-state index is 5.81. The topological polar surface area (TPSA) is 29.3 Å². The third-order valence-corrected chi connectivity index (χ3v) is 2.74. The highest BCUT2D eigenvalue weighted by Gasteiger charge is 2.06. The fraction of sp³-hybridized carbons (Fsp3) is 0.250. The number of hydrazine groups is 1. The van der Waals surface area contributed by atoms with Crippen LogP contribution in [0.3, 0.4) is 0 Å². The number of hydrogen-bond acceptors (Lipinski definition) is 2. The van der Waals surface area contributed by atoms with Crippen LogP contribution in [0.1, 0.15) is 5.56 Å². The molecule has 4 heteroatoms. The molecular weight excluding hydrogens is 378 g/mol. The second kappa shape index (κ2) is 4.61. The number of rotatable bonds is 2. The van der Waals surface area contributed by atoms with E-state index in [1.165, 1.54) is 5.56 Å². The fourth-order valence-electron chi connectivity index (χ4n) is 0.830. The Morgan fingerprint density at radius 3 is 2.17 bits per heavy atom. The highest BCUT2D eigenvalue weighted by Crippen LogP contribution is 2.20. The maximum Gasteiger partial charge on any atom is 0.147 e. The number of nitrogens with two attached hydrogens (primary N) is 1. The number of nitrogens with zero attached hydrogens (tertiary/aromatic N) is 1. The Hall–Kier alpha value is 0.440. The normalized spacial score (nSPS) is 10.4. The van der Waals surface area contributed by atoms with Gasteiger partial charge >= 0.3 is 0 Å². The van der Waals surface area contributed by atoms with E-state index >= 15 is 0 Å². The van der Waals surface area contributed by atoms with Crippen molar-refractivity contribution in [2.24, 2.45) is 5.84 Å². The average molecular weight is 388 g/mol. The van der Waals surface area contributed by atoms with E-state index in [9.17, 15) is 0 Å². The first-order valence-corrected chi connectivity index (χ1v) is 5.99. The monoisotopic (exact) mass is 388 g/mol. The molecule has 1 aromatic carbocycles. The van der Waals surface area contributed by atoms with E-state index in [4.69, 9.17) is 5.84 Å². The zero-order valence-corrected chi connectivity index (χ0v) is 11.0. The first-order valence-electron chi connectivity index (χ1n) is 3.50. The van der Waals surface area contributed by atoms with Gasteiger partial charge < -0.3 is 0 Å². The lowest BCUT2D eigenvalue weighted by atomic mass is 10.2. The van der Waals surface area contributed by atoms with E-state index in [0.717, 1.165) is 5.69 Å². The summed E-state index contributed by atoms with van der Waals surface area (Å²) < 4.78 is 0.280. The van der Waals surface area contributed by atoms with Gasteiger partial charge in [0.05, 0.1) is 5.69 Å². The molecule has 0 aliphatic heterocycles. The smallest absolute Gasteiger partial charge is 0.147 e. The predicted octanol–water partition coefficient (Wildman–Crippen LogP) is 2.83. The Morgan fingerprint density at radius 1 is 1.25 bits per heavy atom. The van der Waals surface area contributed by atoms with E-state index in [1.54, 1.807) is 5.01 Å². The summed E-state index contributed by atoms with van der Waals surface area (Å²) in [5, 5.41) is 1.74. The third-order valence-electron chi connectivity index (χ3n) is 1.54. The SMILES string of the molecule is Cc1ccc(N(N)C(I)I)cc1. The predicted molar refractivity (Wildman–Crippen MR) is 69.7 cm³/mol. The summed E-state index contributed by atoms with van der Waals surface area (Å²) in [4.78, 5) is 0. The molecule has 0 atom stereocenters. The van der Waals surface area contributed by atoms with Crippen molar-refractivity contribution in [1.29, 1.82) is 0 Å². The van der Waals surface area contributed by atoms with Gasteiger partial charge in [-0.3, -0.25) is 5.01 Å². The van der Waals surface area contributed by atoms with Crippen molar-refractivity contribution in [3.8, 4) is 0 Å². The highest BCUT2D eigenvalue weighted by atomic mass is 127. The first-order chi connectivity index (χ1) is 5.61. The number of anilines is 1. The van der Waals surface area contributed by atoms with Crippen LogP contribution in [0.4, 0.5) is 5.69 Å². The standard InChI is InChI=1S/C8H10I2N2/c1-6-2-4-7(5-3-6)12(11)8(9)10/h2-5,8H,11H2,1H3. The molecule has 0 amide bonds. The molecule has 0 unspecified atom stereocenters. The molecule has 0 aromatic heterocycles. The van der Waals surface area contributed by atoms with Crippen LogP contribution in [-0.2, 0) is 0 Å². The molecule has 0 spiro atoms. The Balaban J connectivity index is 2.82. The van der Waals surface area contributed by atoms with Gasteiger partial charge in [-0.25, -0.2) is 5.84 Å². The van der Waals surface area contributed by atoms with Crippen molar-refractivity contribution in [3.63, 3.8) is 0 Å². The van der Waals surface area contributed by atoms with E-state index in [2.05, 4.69) is 64.2 Å². The van der Waals surface area contributed by atoms with Gasteiger partial charge in [0.25, 0.3) is 0 Å². The molecule has 0 heterocycles. The van der Waals surface area contributed by atoms with Crippen LogP contribution in [-0.4, -0.2) is 2.06 Å². The maximum absolute atomic E-state index is 5.81. The first kappa shape index (κ1) is 10.5. The van der Waals surface area contributed by atoms with Crippen molar-refractivity contribution in [1.82, 2.24) is 0 Å². The van der Waals surface area contributed by atoms with Crippen LogP contribution >= 0.6 is 45.2 Å². The Kier molecular flexibility index (Phi) is 4.04. The van der Waals surface area contributed by atoms with E-state index < -0.39 is 0 Å². The molecule has 1 rings (SSSR count). The molecular formula is C8H10I2N2. The molecule has 0 aliphatic carbocycles. The molecule has 0 aliphatic rings. The van der Waals surface area contributed by atoms with Gasteiger partial charge in [0.1, 0.15) is 2.06 Å². The number of halogens is 2. The van der Waals surface area contributed by atoms with Crippen LogP contribution < -0.4 is 10.9 Å². The van der Waals surface area contributed by atoms with Crippen molar-refractivity contribution in [2.45, 2.75) is 8.98 Å². The minimum Gasteiger partial charge on any atom is -0.288 e. The lowest BCUT2D eigenvalue weighted by Gasteiger charge is -2.20. The molecule has 0 fully saturated rings. The van der Waals surface area contributed by atoms with Gasteiger partial charge in [-0.05, 0) is 64.2 Å². The van der Waals surface area contributed by atoms with Gasteiger partial charge in [-0.15, -0.1) is 0 Å². The summed E-state index contributed by atoms with van der Waals surface area (Å²) >= 11 is 4.54. The van der Waals surface area contributed by atoms with Gasteiger partial charge in [0, 0.05) is 0 Å². The highest BCUT2D eigenvalue weighted by molar-refractivity contribution is 14.2. The lowest BCUT2D eigenvalue weighted by molar-refractivity contribution is 0.989. The molecule has 0 saturated carbocycles. The summed E-state index contributed by atoms with van der Waals surface area (Å²) in [5.41, 5.74) is 2.31. The van der Waals surface area contributed by atoms with Crippen LogP contribution in [0, 0.1) is 6.92 Å². The number of aryl methyl sites for hydroxylation is 1. The van der Waals surface area contributed by atoms with Crippen molar-refractivity contribution in [3.05, 3.63) is 29.8 Å². The van der Waals surface area contributed by atoms with Crippen LogP contribution in [0.25, 0.3) is 0 Å². The van der Waals surface area contributed by atoms with Crippen LogP contribution in [0.5, 0.6) is 0 Å². The van der Waals surface area contributed by atoms with E-state index in [-0.39, 0.29) is 2.06 Å². The lowest BCUT2D eigenvalue weighted by Crippen LogP contribution is -2.33. The van der Waals surface area contributed by atoms with E-state index in [0.29, 0.717) is 0 Å². The zero-order valence-electron chi connectivity index (χ0n) is 6.67. The summed E-state index contributed by atoms with van der Waals surface area (Å²) in [7, 11) is 0. The van der Waals surface area contributed by atoms with Gasteiger partial charge in [-0.2, -0.15) is 0 Å². The zero-order chi connectivity index (χ0) is 9.14. The molecule has 2 N–H and O–H groups in total. The summed E-state index contributed by atoms with van der Waals surface area (Å²) in [5.74, 6) is 5.81. The second-order valence-corrected chi connectivity index (χ2v) is 7.26. The Labute approximate surface area is 99.8 Å². The summed E-state index contributed by atoms with van der Waals surface area (Å²) in [6.07, 6.45) is 0. The van der Waals surface area contributed by atoms with Crippen LogP contribution in [0.2, 0.25) is 0 Å². The Morgan fingerprint density at radius 2 is 1.75 bits per heavy atom. The van der Waals surface area contributed by atoms with Gasteiger partial charge in [-0.1, -0.05) is 17.7 Å². The summed E-state index contributed by atoms with van der Waals surface area (Å²) in [6, 6.07) is 8.18. The fourth-order valence-corrected chi connectivity index (χ4v) is 1.47. The molecule has 12 heavy (non-hydrogen) atoms. The molecule has 0 bridgehead atoms. The second-order valence-electron chi connectivity index (χ2n) is 2.52. The number of benzene rings is 1. The molecule has 0 saturated heterocycles. The Bertz CT molecular complexity index is 246.